The van der Waals surface area contributed by atoms with Crippen molar-refractivity contribution in [3.8, 4) is 0 Å². The van der Waals surface area contributed by atoms with Gasteiger partial charge in [-0.3, -0.25) is 14.9 Å². The van der Waals surface area contributed by atoms with E-state index in [0.717, 1.165) is 17.7 Å². The number of rotatable bonds is 6. The quantitative estimate of drug-likeness (QED) is 0.448. The molecule has 5 nitrogen and oxygen atoms in total. The molecule has 0 fully saturated rings. The Morgan fingerprint density at radius 1 is 1.20 bits per heavy atom. The van der Waals surface area contributed by atoms with Crippen molar-refractivity contribution in [2.45, 2.75) is 30.7 Å². The maximum Gasteiger partial charge on any atom is 0.274 e. The predicted molar refractivity (Wildman–Crippen MR) is 98.8 cm³/mol. The number of hydrogen-bond acceptors (Lipinski definition) is 4. The molecule has 0 saturated heterocycles. The van der Waals surface area contributed by atoms with Gasteiger partial charge >= 0.3 is 0 Å². The van der Waals surface area contributed by atoms with E-state index in [1.54, 1.807) is 30.1 Å². The number of fused-ring (bicyclic) bond motifs is 1. The molecule has 2 aromatic rings. The summed E-state index contributed by atoms with van der Waals surface area (Å²) in [5, 5.41) is 11.1. The Balaban J connectivity index is 1.59. The van der Waals surface area contributed by atoms with Crippen molar-refractivity contribution < 1.29 is 9.72 Å². The largest absolute Gasteiger partial charge is 0.340 e. The third-order valence-electron chi connectivity index (χ3n) is 4.45. The van der Waals surface area contributed by atoms with E-state index in [0.29, 0.717) is 11.3 Å². The van der Waals surface area contributed by atoms with Gasteiger partial charge in [0.05, 0.1) is 17.2 Å². The summed E-state index contributed by atoms with van der Waals surface area (Å²) in [4.78, 5) is 25.7. The lowest BCUT2D eigenvalue weighted by atomic mass is 10.1. The van der Waals surface area contributed by atoms with E-state index in [2.05, 4.69) is 18.2 Å². The van der Waals surface area contributed by atoms with Gasteiger partial charge in [0, 0.05) is 23.6 Å². The fraction of sp³-hybridized carbons (Fsp3) is 0.316. The molecular formula is C19H20N2O3S. The Hall–Kier alpha value is -2.34. The molecule has 1 aliphatic carbocycles. The lowest BCUT2D eigenvalue weighted by molar-refractivity contribution is -0.385. The molecule has 1 amide bonds. The van der Waals surface area contributed by atoms with Crippen molar-refractivity contribution >= 4 is 23.4 Å². The van der Waals surface area contributed by atoms with Gasteiger partial charge in [-0.05, 0) is 42.5 Å². The van der Waals surface area contributed by atoms with E-state index >= 15 is 0 Å². The van der Waals surface area contributed by atoms with Gasteiger partial charge in [0.1, 0.15) is 0 Å². The van der Waals surface area contributed by atoms with Gasteiger partial charge in [-0.15, -0.1) is 11.8 Å². The number of thioether (sulfide) groups is 1. The van der Waals surface area contributed by atoms with Gasteiger partial charge in [-0.25, -0.2) is 0 Å². The van der Waals surface area contributed by atoms with Gasteiger partial charge in [0.25, 0.3) is 5.69 Å². The molecule has 0 atom stereocenters. The summed E-state index contributed by atoms with van der Waals surface area (Å²) in [7, 11) is 1.68. The van der Waals surface area contributed by atoms with Crippen molar-refractivity contribution in [2.75, 3.05) is 12.8 Å². The average molecular weight is 356 g/mol. The highest BCUT2D eigenvalue weighted by Gasteiger charge is 2.17. The first-order valence-electron chi connectivity index (χ1n) is 8.25. The molecule has 0 bridgehead atoms. The molecule has 0 aliphatic heterocycles. The first-order valence-corrected chi connectivity index (χ1v) is 9.24. The van der Waals surface area contributed by atoms with Crippen LogP contribution in [-0.4, -0.2) is 28.5 Å². The number of amides is 1. The van der Waals surface area contributed by atoms with Gasteiger partial charge < -0.3 is 4.90 Å². The molecule has 0 heterocycles. The number of carbonyl (C=O) groups excluding carboxylic acids is 1. The maximum absolute atomic E-state index is 12.4. The summed E-state index contributed by atoms with van der Waals surface area (Å²) in [6.07, 6.45) is 3.48. The van der Waals surface area contributed by atoms with E-state index in [-0.39, 0.29) is 18.1 Å². The van der Waals surface area contributed by atoms with Gasteiger partial charge in [-0.2, -0.15) is 0 Å². The van der Waals surface area contributed by atoms with Crippen LogP contribution in [0.25, 0.3) is 0 Å². The zero-order valence-corrected chi connectivity index (χ0v) is 14.9. The van der Waals surface area contributed by atoms with Crippen LogP contribution in [0.5, 0.6) is 0 Å². The van der Waals surface area contributed by atoms with E-state index in [1.165, 1.54) is 35.4 Å². The number of nitrogens with zero attached hydrogens (tertiary/aromatic N) is 2. The highest BCUT2D eigenvalue weighted by Crippen LogP contribution is 2.28. The molecule has 25 heavy (non-hydrogen) atoms. The second-order valence-electron chi connectivity index (χ2n) is 6.21. The van der Waals surface area contributed by atoms with Crippen LogP contribution >= 0.6 is 11.8 Å². The number of carbonyl (C=O) groups is 1. The van der Waals surface area contributed by atoms with Crippen molar-refractivity contribution in [1.29, 1.82) is 0 Å². The highest BCUT2D eigenvalue weighted by molar-refractivity contribution is 8.00. The summed E-state index contributed by atoms with van der Waals surface area (Å²) < 4.78 is 0. The second kappa shape index (κ2) is 7.70. The van der Waals surface area contributed by atoms with E-state index < -0.39 is 4.92 Å². The molecular weight excluding hydrogens is 336 g/mol. The van der Waals surface area contributed by atoms with E-state index in [1.807, 2.05) is 0 Å². The van der Waals surface area contributed by atoms with Crippen LogP contribution in [0.15, 0.2) is 47.4 Å². The first kappa shape index (κ1) is 17.5. The van der Waals surface area contributed by atoms with Crippen LogP contribution in [0, 0.1) is 10.1 Å². The van der Waals surface area contributed by atoms with Crippen LogP contribution < -0.4 is 0 Å². The topological polar surface area (TPSA) is 63.4 Å². The lowest BCUT2D eigenvalue weighted by Crippen LogP contribution is -2.28. The van der Waals surface area contributed by atoms with Gasteiger partial charge in [0.2, 0.25) is 5.91 Å². The highest BCUT2D eigenvalue weighted by atomic mass is 32.2. The van der Waals surface area contributed by atoms with E-state index in [9.17, 15) is 14.9 Å². The summed E-state index contributed by atoms with van der Waals surface area (Å²) in [6, 6.07) is 13.0. The predicted octanol–water partition coefficient (Wildman–Crippen LogP) is 3.83. The van der Waals surface area contributed by atoms with Crippen molar-refractivity contribution in [2.24, 2.45) is 0 Å². The summed E-state index contributed by atoms with van der Waals surface area (Å²) in [6.45, 7) is 0.237. The normalized spacial score (nSPS) is 12.7. The molecule has 3 rings (SSSR count). The smallest absolute Gasteiger partial charge is 0.274 e. The average Bonchev–Trinajstić information content (AvgIpc) is 3.07. The van der Waals surface area contributed by atoms with Gasteiger partial charge in [-0.1, -0.05) is 24.3 Å². The number of hydrogen-bond donors (Lipinski definition) is 0. The second-order valence-corrected chi connectivity index (χ2v) is 7.26. The van der Waals surface area contributed by atoms with E-state index in [4.69, 9.17) is 0 Å². The molecule has 0 spiro atoms. The zero-order chi connectivity index (χ0) is 17.8. The first-order chi connectivity index (χ1) is 12.0. The Morgan fingerprint density at radius 2 is 1.96 bits per heavy atom. The number of para-hydroxylation sites is 1. The molecule has 0 aromatic heterocycles. The molecule has 0 unspecified atom stereocenters. The number of nitro benzene ring substituents is 1. The molecule has 130 valence electrons. The van der Waals surface area contributed by atoms with Crippen LogP contribution in [0.3, 0.4) is 0 Å². The Kier molecular flexibility index (Phi) is 5.38. The van der Waals surface area contributed by atoms with Crippen LogP contribution in [0.4, 0.5) is 5.69 Å². The number of benzene rings is 2. The minimum Gasteiger partial charge on any atom is -0.340 e. The summed E-state index contributed by atoms with van der Waals surface area (Å²) >= 11 is 1.52. The summed E-state index contributed by atoms with van der Waals surface area (Å²) in [5.74, 6) is 0.291. The Bertz CT molecular complexity index is 807. The molecule has 2 aromatic carbocycles. The lowest BCUT2D eigenvalue weighted by Gasteiger charge is -2.17. The molecule has 6 heteroatoms. The third-order valence-corrected chi connectivity index (χ3v) is 5.43. The zero-order valence-electron chi connectivity index (χ0n) is 14.1. The van der Waals surface area contributed by atoms with Crippen molar-refractivity contribution in [3.05, 3.63) is 69.3 Å². The SMILES string of the molecule is CN(Cc1ccccc1[N+](=O)[O-])C(=O)CSc1ccc2c(c1)CCC2. The molecule has 1 aliphatic rings. The number of aryl methyl sites for hydroxylation is 2. The Morgan fingerprint density at radius 3 is 2.76 bits per heavy atom. The fourth-order valence-corrected chi connectivity index (χ4v) is 3.96. The standard InChI is InChI=1S/C19H20N2O3S/c1-20(12-16-5-2-3-8-18(16)21(23)24)19(22)13-25-17-10-9-14-6-4-7-15(14)11-17/h2-3,5,8-11H,4,6-7,12-13H2,1H3. The number of nitro groups is 1. The fourth-order valence-electron chi connectivity index (χ4n) is 3.06. The molecule has 0 radical (unpaired) electrons. The third kappa shape index (κ3) is 4.20. The Labute approximate surface area is 151 Å². The minimum atomic E-state index is -0.410. The van der Waals surface area contributed by atoms with Crippen molar-refractivity contribution in [1.82, 2.24) is 4.90 Å². The van der Waals surface area contributed by atoms with Crippen LogP contribution in [0.1, 0.15) is 23.1 Å². The maximum atomic E-state index is 12.4. The molecule has 0 N–H and O–H groups in total. The van der Waals surface area contributed by atoms with Crippen LogP contribution in [-0.2, 0) is 24.2 Å². The van der Waals surface area contributed by atoms with Crippen LogP contribution in [0.2, 0.25) is 0 Å². The van der Waals surface area contributed by atoms with Crippen molar-refractivity contribution in [3.63, 3.8) is 0 Å². The molecule has 0 saturated carbocycles. The summed E-state index contributed by atoms with van der Waals surface area (Å²) in [5.41, 5.74) is 3.41. The van der Waals surface area contributed by atoms with Gasteiger partial charge in [0.15, 0.2) is 0 Å². The minimum absolute atomic E-state index is 0.0383. The monoisotopic (exact) mass is 356 g/mol.